The molecule has 7 nitrogen and oxygen atoms in total. The van der Waals surface area contributed by atoms with E-state index >= 15 is 0 Å². The number of nitrogens with zero attached hydrogens (tertiary/aromatic N) is 1. The Kier molecular flexibility index (Phi) is 7.57. The fourth-order valence-corrected chi connectivity index (χ4v) is 3.71. The minimum atomic E-state index is -0.960. The van der Waals surface area contributed by atoms with Crippen molar-refractivity contribution in [1.82, 2.24) is 15.5 Å². The van der Waals surface area contributed by atoms with E-state index in [4.69, 9.17) is 0 Å². The normalized spacial score (nSPS) is 16.8. The Hall–Kier alpha value is -3.19. The lowest BCUT2D eigenvalue weighted by atomic mass is 10.1. The summed E-state index contributed by atoms with van der Waals surface area (Å²) in [6.45, 7) is 0.900. The third-order valence-electron chi connectivity index (χ3n) is 5.22. The predicted octanol–water partition coefficient (Wildman–Crippen LogP) is 1.69. The highest BCUT2D eigenvalue weighted by Crippen LogP contribution is 2.17. The van der Waals surface area contributed by atoms with Crippen LogP contribution in [0.15, 0.2) is 60.7 Å². The van der Waals surface area contributed by atoms with Crippen molar-refractivity contribution in [2.24, 2.45) is 0 Å². The summed E-state index contributed by atoms with van der Waals surface area (Å²) in [5, 5.41) is 15.4. The lowest BCUT2D eigenvalue weighted by molar-refractivity contribution is -0.147. The van der Waals surface area contributed by atoms with Gasteiger partial charge in [-0.15, -0.1) is 0 Å². The van der Waals surface area contributed by atoms with Gasteiger partial charge in [0, 0.05) is 24.7 Å². The molecule has 0 aromatic heterocycles. The van der Waals surface area contributed by atoms with Crippen LogP contribution in [0.2, 0.25) is 0 Å². The van der Waals surface area contributed by atoms with E-state index in [0.29, 0.717) is 37.9 Å². The van der Waals surface area contributed by atoms with Crippen LogP contribution in [-0.2, 0) is 16.0 Å². The van der Waals surface area contributed by atoms with Crippen LogP contribution >= 0.6 is 0 Å². The van der Waals surface area contributed by atoms with Crippen LogP contribution in [-0.4, -0.2) is 59.5 Å². The third kappa shape index (κ3) is 5.90. The zero-order valence-corrected chi connectivity index (χ0v) is 16.8. The zero-order chi connectivity index (χ0) is 21.3. The van der Waals surface area contributed by atoms with Crippen molar-refractivity contribution in [3.63, 3.8) is 0 Å². The molecule has 2 aromatic carbocycles. The Morgan fingerprint density at radius 2 is 1.70 bits per heavy atom. The number of carbonyl (C=O) groups is 3. The van der Waals surface area contributed by atoms with Gasteiger partial charge in [0.1, 0.15) is 6.04 Å². The molecule has 0 radical (unpaired) electrons. The first kappa shape index (κ1) is 21.5. The van der Waals surface area contributed by atoms with Crippen LogP contribution in [0.1, 0.15) is 28.8 Å². The summed E-state index contributed by atoms with van der Waals surface area (Å²) in [6.07, 6.45) is 1.80. The van der Waals surface area contributed by atoms with Gasteiger partial charge in [-0.3, -0.25) is 9.59 Å². The number of likely N-dealkylation sites (tertiary alicyclic amines) is 1. The first-order valence-electron chi connectivity index (χ1n) is 10.2. The van der Waals surface area contributed by atoms with E-state index in [-0.39, 0.29) is 24.4 Å². The summed E-state index contributed by atoms with van der Waals surface area (Å²) in [7, 11) is 0. The highest BCUT2D eigenvalue weighted by Gasteiger charge is 2.33. The number of hydrogen-bond donors (Lipinski definition) is 3. The largest absolute Gasteiger partial charge is 0.480 e. The van der Waals surface area contributed by atoms with Gasteiger partial charge in [0.2, 0.25) is 5.91 Å². The number of aliphatic carboxylic acids is 1. The van der Waals surface area contributed by atoms with E-state index in [1.165, 1.54) is 4.90 Å². The number of rotatable bonds is 9. The average Bonchev–Trinajstić information content (AvgIpc) is 3.25. The molecule has 0 bridgehead atoms. The average molecular weight is 409 g/mol. The molecule has 0 spiro atoms. The van der Waals surface area contributed by atoms with Crippen molar-refractivity contribution < 1.29 is 19.5 Å². The van der Waals surface area contributed by atoms with Crippen LogP contribution < -0.4 is 10.6 Å². The molecule has 158 valence electrons. The molecule has 1 aliphatic heterocycles. The summed E-state index contributed by atoms with van der Waals surface area (Å²) in [5.41, 5.74) is 1.66. The van der Waals surface area contributed by atoms with E-state index in [1.807, 2.05) is 48.5 Å². The van der Waals surface area contributed by atoms with Crippen LogP contribution in [0.4, 0.5) is 0 Å². The minimum absolute atomic E-state index is 0.0380. The van der Waals surface area contributed by atoms with Crippen LogP contribution in [0, 0.1) is 0 Å². The molecule has 2 aromatic rings. The quantitative estimate of drug-likeness (QED) is 0.586. The van der Waals surface area contributed by atoms with E-state index in [1.54, 1.807) is 12.1 Å². The second-order valence-electron chi connectivity index (χ2n) is 7.44. The lowest BCUT2D eigenvalue weighted by Crippen LogP contribution is -2.48. The van der Waals surface area contributed by atoms with E-state index in [2.05, 4.69) is 10.6 Å². The molecule has 3 rings (SSSR count). The number of nitrogens with one attached hydrogen (secondary N) is 2. The molecule has 2 amide bonds. The molecule has 1 saturated heterocycles. The highest BCUT2D eigenvalue weighted by molar-refractivity contribution is 5.94. The highest BCUT2D eigenvalue weighted by atomic mass is 16.4. The van der Waals surface area contributed by atoms with Crippen molar-refractivity contribution >= 4 is 17.8 Å². The summed E-state index contributed by atoms with van der Waals surface area (Å²) in [6, 6.07) is 17.9. The maximum atomic E-state index is 12.6. The Bertz CT molecular complexity index is 857. The number of amides is 2. The molecular formula is C23H27N3O4. The van der Waals surface area contributed by atoms with Crippen molar-refractivity contribution in [3.8, 4) is 0 Å². The summed E-state index contributed by atoms with van der Waals surface area (Å²) >= 11 is 0. The van der Waals surface area contributed by atoms with E-state index < -0.39 is 12.0 Å². The standard InChI is InChI=1S/C23H27N3O4/c27-21(26-13-7-12-20(26)23(29)30)16-24-15-19(14-17-8-3-1-4-9-17)25-22(28)18-10-5-2-6-11-18/h1-6,8-11,19-20,24H,7,12-16H2,(H,25,28)(H,29,30)/t19?,20-/m0/s1. The molecular weight excluding hydrogens is 382 g/mol. The molecule has 3 N–H and O–H groups in total. The molecule has 1 aliphatic rings. The molecule has 1 heterocycles. The van der Waals surface area contributed by atoms with Crippen molar-refractivity contribution in [2.45, 2.75) is 31.3 Å². The first-order valence-corrected chi connectivity index (χ1v) is 10.2. The van der Waals surface area contributed by atoms with Gasteiger partial charge in [0.15, 0.2) is 0 Å². The fourth-order valence-electron chi connectivity index (χ4n) is 3.71. The van der Waals surface area contributed by atoms with Crippen molar-refractivity contribution in [2.75, 3.05) is 19.6 Å². The second-order valence-corrected chi connectivity index (χ2v) is 7.44. The van der Waals surface area contributed by atoms with Crippen LogP contribution in [0.3, 0.4) is 0 Å². The van der Waals surface area contributed by atoms with Gasteiger partial charge >= 0.3 is 5.97 Å². The smallest absolute Gasteiger partial charge is 0.326 e. The summed E-state index contributed by atoms with van der Waals surface area (Å²) < 4.78 is 0. The van der Waals surface area contributed by atoms with Gasteiger partial charge in [0.05, 0.1) is 6.54 Å². The monoisotopic (exact) mass is 409 g/mol. The maximum absolute atomic E-state index is 12.6. The Morgan fingerprint density at radius 3 is 2.37 bits per heavy atom. The zero-order valence-electron chi connectivity index (χ0n) is 16.8. The molecule has 2 atom stereocenters. The molecule has 30 heavy (non-hydrogen) atoms. The fraction of sp³-hybridized carbons (Fsp3) is 0.348. The van der Waals surface area contributed by atoms with Crippen LogP contribution in [0.5, 0.6) is 0 Å². The van der Waals surface area contributed by atoms with Gasteiger partial charge in [-0.25, -0.2) is 4.79 Å². The molecule has 1 fully saturated rings. The number of carbonyl (C=O) groups excluding carboxylic acids is 2. The van der Waals surface area contributed by atoms with Gasteiger partial charge in [0.25, 0.3) is 5.91 Å². The predicted molar refractivity (Wildman–Crippen MR) is 113 cm³/mol. The maximum Gasteiger partial charge on any atom is 0.326 e. The summed E-state index contributed by atoms with van der Waals surface area (Å²) in [5.74, 6) is -1.36. The minimum Gasteiger partial charge on any atom is -0.480 e. The molecule has 0 saturated carbocycles. The number of hydrogen-bond acceptors (Lipinski definition) is 4. The van der Waals surface area contributed by atoms with Crippen LogP contribution in [0.25, 0.3) is 0 Å². The van der Waals surface area contributed by atoms with Gasteiger partial charge < -0.3 is 20.6 Å². The lowest BCUT2D eigenvalue weighted by Gasteiger charge is -2.23. The Morgan fingerprint density at radius 1 is 1.03 bits per heavy atom. The Balaban J connectivity index is 1.58. The SMILES string of the molecule is O=C(NC(CNCC(=O)N1CCC[C@H]1C(=O)O)Cc1ccccc1)c1ccccc1. The molecule has 0 aliphatic carbocycles. The number of carboxylic acids is 1. The van der Waals surface area contributed by atoms with E-state index in [9.17, 15) is 19.5 Å². The van der Waals surface area contributed by atoms with E-state index in [0.717, 1.165) is 5.56 Å². The van der Waals surface area contributed by atoms with Gasteiger partial charge in [-0.1, -0.05) is 48.5 Å². The van der Waals surface area contributed by atoms with Gasteiger partial charge in [-0.05, 0) is 37.0 Å². The second kappa shape index (κ2) is 10.5. The number of benzene rings is 2. The molecule has 7 heteroatoms. The van der Waals surface area contributed by atoms with Gasteiger partial charge in [-0.2, -0.15) is 0 Å². The van der Waals surface area contributed by atoms with Crippen molar-refractivity contribution in [3.05, 3.63) is 71.8 Å². The first-order chi connectivity index (χ1) is 14.5. The summed E-state index contributed by atoms with van der Waals surface area (Å²) in [4.78, 5) is 37.8. The third-order valence-corrected chi connectivity index (χ3v) is 5.22. The Labute approximate surface area is 176 Å². The topological polar surface area (TPSA) is 98.7 Å². The number of carboxylic acid groups (broad SMARTS) is 1. The molecule has 1 unspecified atom stereocenters. The van der Waals surface area contributed by atoms with Crippen molar-refractivity contribution in [1.29, 1.82) is 0 Å².